The Hall–Kier alpha value is -1.26. The summed E-state index contributed by atoms with van der Waals surface area (Å²) in [5, 5.41) is 2.94. The zero-order valence-corrected chi connectivity index (χ0v) is 15.0. The number of likely N-dealkylation sites (N-methyl/N-ethyl adjacent to an activating group) is 1. The molecule has 0 aromatic heterocycles. The lowest BCUT2D eigenvalue weighted by molar-refractivity contribution is -0.123. The van der Waals surface area contributed by atoms with E-state index < -0.39 is 6.04 Å². The van der Waals surface area contributed by atoms with Crippen molar-refractivity contribution < 1.29 is 4.79 Å². The van der Waals surface area contributed by atoms with Crippen LogP contribution < -0.4 is 16.0 Å². The van der Waals surface area contributed by atoms with Gasteiger partial charge in [0, 0.05) is 25.3 Å². The van der Waals surface area contributed by atoms with E-state index in [0.29, 0.717) is 6.54 Å². The second-order valence-electron chi connectivity index (χ2n) is 5.62. The maximum Gasteiger partial charge on any atom is 0.237 e. The first-order valence-corrected chi connectivity index (χ1v) is 7.84. The van der Waals surface area contributed by atoms with Gasteiger partial charge in [0.2, 0.25) is 5.91 Å². The Morgan fingerprint density at radius 3 is 2.59 bits per heavy atom. The number of carbonyl (C=O) groups is 1. The highest BCUT2D eigenvalue weighted by Crippen LogP contribution is 2.15. The molecule has 22 heavy (non-hydrogen) atoms. The number of carbonyl (C=O) groups excluding carboxylic acids is 1. The number of rotatable bonds is 8. The van der Waals surface area contributed by atoms with Crippen LogP contribution in [-0.4, -0.2) is 31.6 Å². The molecule has 5 heteroatoms. The van der Waals surface area contributed by atoms with Crippen LogP contribution in [0, 0.1) is 12.8 Å². The van der Waals surface area contributed by atoms with Crippen LogP contribution in [0.2, 0.25) is 0 Å². The quantitative estimate of drug-likeness (QED) is 0.772. The molecule has 2 atom stereocenters. The number of amides is 1. The zero-order valence-electron chi connectivity index (χ0n) is 14.1. The van der Waals surface area contributed by atoms with Crippen molar-refractivity contribution in [1.82, 2.24) is 5.32 Å². The Labute approximate surface area is 140 Å². The number of nitrogens with zero attached hydrogens (tertiary/aromatic N) is 1. The Morgan fingerprint density at radius 2 is 2.05 bits per heavy atom. The molecule has 126 valence electrons. The molecule has 2 unspecified atom stereocenters. The fourth-order valence-electron chi connectivity index (χ4n) is 2.24. The molecule has 0 radical (unpaired) electrons. The predicted molar refractivity (Wildman–Crippen MR) is 96.8 cm³/mol. The first kappa shape index (κ1) is 20.7. The van der Waals surface area contributed by atoms with Gasteiger partial charge >= 0.3 is 0 Å². The molecular formula is C17H30ClN3O. The molecule has 0 fully saturated rings. The van der Waals surface area contributed by atoms with Gasteiger partial charge in [-0.3, -0.25) is 4.79 Å². The van der Waals surface area contributed by atoms with Gasteiger partial charge in [-0.15, -0.1) is 12.4 Å². The third-order valence-corrected chi connectivity index (χ3v) is 3.99. The molecule has 0 aliphatic heterocycles. The van der Waals surface area contributed by atoms with E-state index in [0.717, 1.165) is 19.5 Å². The minimum Gasteiger partial charge on any atom is -0.370 e. The summed E-state index contributed by atoms with van der Waals surface area (Å²) < 4.78 is 0. The standard InChI is InChI=1S/C17H29N3O.ClH/c1-5-14(4)16(18)17(21)19-10-11-20(6-2)15-9-7-8-13(3)12-15;/h7-9,12,14,16H,5-6,10-11,18H2,1-4H3,(H,19,21);1H. The Bertz CT molecular complexity index is 453. The van der Waals surface area contributed by atoms with Crippen LogP contribution in [0.1, 0.15) is 32.8 Å². The van der Waals surface area contributed by atoms with Crippen LogP contribution in [0.25, 0.3) is 0 Å². The van der Waals surface area contributed by atoms with Crippen LogP contribution in [0.4, 0.5) is 5.69 Å². The lowest BCUT2D eigenvalue weighted by Gasteiger charge is -2.24. The van der Waals surface area contributed by atoms with Crippen molar-refractivity contribution in [3.63, 3.8) is 0 Å². The first-order valence-electron chi connectivity index (χ1n) is 7.84. The van der Waals surface area contributed by atoms with E-state index in [-0.39, 0.29) is 24.2 Å². The molecular weight excluding hydrogens is 298 g/mol. The van der Waals surface area contributed by atoms with Crippen LogP contribution in [0.3, 0.4) is 0 Å². The Kier molecular flexibility index (Phi) is 9.86. The molecule has 0 saturated carbocycles. The summed E-state index contributed by atoms with van der Waals surface area (Å²) in [5.41, 5.74) is 8.36. The Morgan fingerprint density at radius 1 is 1.36 bits per heavy atom. The van der Waals surface area contributed by atoms with Crippen molar-refractivity contribution in [3.8, 4) is 0 Å². The van der Waals surface area contributed by atoms with Gasteiger partial charge in [-0.1, -0.05) is 32.4 Å². The number of halogens is 1. The summed E-state index contributed by atoms with van der Waals surface area (Å²) >= 11 is 0. The summed E-state index contributed by atoms with van der Waals surface area (Å²) in [6.45, 7) is 10.6. The molecule has 1 rings (SSSR count). The first-order chi connectivity index (χ1) is 9.99. The lowest BCUT2D eigenvalue weighted by atomic mass is 9.99. The molecule has 0 saturated heterocycles. The Balaban J connectivity index is 0.00000441. The van der Waals surface area contributed by atoms with Gasteiger partial charge in [0.15, 0.2) is 0 Å². The van der Waals surface area contributed by atoms with E-state index >= 15 is 0 Å². The van der Waals surface area contributed by atoms with Crippen LogP contribution in [0.15, 0.2) is 24.3 Å². The second-order valence-corrected chi connectivity index (χ2v) is 5.62. The third kappa shape index (κ3) is 6.24. The van der Waals surface area contributed by atoms with E-state index in [1.807, 2.05) is 13.8 Å². The maximum atomic E-state index is 11.9. The normalized spacial score (nSPS) is 13.0. The molecule has 0 heterocycles. The van der Waals surface area contributed by atoms with E-state index in [2.05, 4.69) is 48.3 Å². The summed E-state index contributed by atoms with van der Waals surface area (Å²) in [5.74, 6) is 0.161. The van der Waals surface area contributed by atoms with Crippen molar-refractivity contribution in [2.45, 2.75) is 40.2 Å². The van der Waals surface area contributed by atoms with Gasteiger partial charge in [0.05, 0.1) is 6.04 Å². The average Bonchev–Trinajstić information content (AvgIpc) is 2.49. The number of hydrogen-bond acceptors (Lipinski definition) is 3. The number of hydrogen-bond donors (Lipinski definition) is 2. The topological polar surface area (TPSA) is 58.4 Å². The summed E-state index contributed by atoms with van der Waals surface area (Å²) in [4.78, 5) is 14.2. The molecule has 0 spiro atoms. The second kappa shape index (κ2) is 10.5. The molecule has 1 aromatic rings. The van der Waals surface area contributed by atoms with Crippen LogP contribution >= 0.6 is 12.4 Å². The monoisotopic (exact) mass is 327 g/mol. The van der Waals surface area contributed by atoms with Gasteiger partial charge < -0.3 is 16.0 Å². The molecule has 3 N–H and O–H groups in total. The number of benzene rings is 1. The van der Waals surface area contributed by atoms with Gasteiger partial charge in [-0.2, -0.15) is 0 Å². The van der Waals surface area contributed by atoms with Crippen molar-refractivity contribution in [2.75, 3.05) is 24.5 Å². The molecule has 4 nitrogen and oxygen atoms in total. The van der Waals surface area contributed by atoms with Crippen molar-refractivity contribution in [1.29, 1.82) is 0 Å². The third-order valence-electron chi connectivity index (χ3n) is 3.99. The van der Waals surface area contributed by atoms with Gasteiger partial charge in [-0.25, -0.2) is 0 Å². The van der Waals surface area contributed by atoms with Crippen molar-refractivity contribution in [2.24, 2.45) is 11.7 Å². The fraction of sp³-hybridized carbons (Fsp3) is 0.588. The summed E-state index contributed by atoms with van der Waals surface area (Å²) in [6.07, 6.45) is 0.916. The minimum atomic E-state index is -0.413. The highest BCUT2D eigenvalue weighted by molar-refractivity contribution is 5.85. The van der Waals surface area contributed by atoms with Gasteiger partial charge in [0.1, 0.15) is 0 Å². The minimum absolute atomic E-state index is 0. The van der Waals surface area contributed by atoms with Crippen LogP contribution in [0.5, 0.6) is 0 Å². The maximum absolute atomic E-state index is 11.9. The highest BCUT2D eigenvalue weighted by Gasteiger charge is 2.18. The fourth-order valence-corrected chi connectivity index (χ4v) is 2.24. The van der Waals surface area contributed by atoms with Crippen molar-refractivity contribution in [3.05, 3.63) is 29.8 Å². The largest absolute Gasteiger partial charge is 0.370 e. The van der Waals surface area contributed by atoms with Crippen molar-refractivity contribution >= 4 is 24.0 Å². The van der Waals surface area contributed by atoms with Gasteiger partial charge in [-0.05, 0) is 37.5 Å². The molecule has 0 aliphatic rings. The van der Waals surface area contributed by atoms with E-state index in [1.165, 1.54) is 11.3 Å². The zero-order chi connectivity index (χ0) is 15.8. The van der Waals surface area contributed by atoms with E-state index in [1.54, 1.807) is 0 Å². The smallest absolute Gasteiger partial charge is 0.237 e. The molecule has 0 aliphatic carbocycles. The van der Waals surface area contributed by atoms with Crippen LogP contribution in [-0.2, 0) is 4.79 Å². The highest BCUT2D eigenvalue weighted by atomic mass is 35.5. The lowest BCUT2D eigenvalue weighted by Crippen LogP contribution is -2.46. The average molecular weight is 328 g/mol. The summed E-state index contributed by atoms with van der Waals surface area (Å²) in [7, 11) is 0. The summed E-state index contributed by atoms with van der Waals surface area (Å²) in [6, 6.07) is 8.00. The molecule has 1 aromatic carbocycles. The predicted octanol–water partition coefficient (Wildman–Crippen LogP) is 2.73. The van der Waals surface area contributed by atoms with Gasteiger partial charge in [0.25, 0.3) is 0 Å². The SMILES string of the molecule is CCC(C)C(N)C(=O)NCCN(CC)c1cccc(C)c1.Cl. The number of anilines is 1. The number of nitrogens with two attached hydrogens (primary N) is 1. The van der Waals surface area contributed by atoms with E-state index in [9.17, 15) is 4.79 Å². The number of aryl methyl sites for hydroxylation is 1. The van der Waals surface area contributed by atoms with E-state index in [4.69, 9.17) is 5.73 Å². The number of nitrogens with one attached hydrogen (secondary N) is 1. The molecule has 1 amide bonds. The molecule has 0 bridgehead atoms.